The molecule has 1 heterocycles. The van der Waals surface area contributed by atoms with E-state index in [2.05, 4.69) is 0 Å². The lowest BCUT2D eigenvalue weighted by atomic mass is 10.3. The van der Waals surface area contributed by atoms with Crippen LogP contribution in [-0.2, 0) is 4.79 Å². The van der Waals surface area contributed by atoms with Crippen molar-refractivity contribution >= 4 is 17.3 Å². The fourth-order valence-corrected chi connectivity index (χ4v) is 1.25. The fraction of sp³-hybridized carbons (Fsp3) is 0.167. The van der Waals surface area contributed by atoms with Gasteiger partial charge in [0.1, 0.15) is 0 Å². The van der Waals surface area contributed by atoms with Crippen molar-refractivity contribution in [1.29, 1.82) is 0 Å². The molecule has 0 amide bonds. The first-order chi connectivity index (χ1) is 4.72. The smallest absolute Gasteiger partial charge is 0.343 e. The lowest BCUT2D eigenvalue weighted by Gasteiger charge is -1.95. The minimum Gasteiger partial charge on any atom is -0.479 e. The van der Waals surface area contributed by atoms with E-state index in [0.29, 0.717) is 0 Å². The predicted molar refractivity (Wildman–Crippen MR) is 35.8 cm³/mol. The Morgan fingerprint density at radius 1 is 1.80 bits per heavy atom. The second-order valence-electron chi connectivity index (χ2n) is 1.72. The fourth-order valence-electron chi connectivity index (χ4n) is 0.557. The standard InChI is InChI=1S/C6H5FO2S/c7-5(6(8)9)4-2-1-3-10-4/h1-3,5H,(H,8,9). The van der Waals surface area contributed by atoms with Gasteiger partial charge in [0, 0.05) is 4.88 Å². The Morgan fingerprint density at radius 2 is 2.50 bits per heavy atom. The quantitative estimate of drug-likeness (QED) is 0.716. The normalized spacial score (nSPS) is 12.9. The van der Waals surface area contributed by atoms with Gasteiger partial charge in [0.25, 0.3) is 0 Å². The van der Waals surface area contributed by atoms with Crippen LogP contribution in [-0.4, -0.2) is 11.1 Å². The molecule has 4 heteroatoms. The van der Waals surface area contributed by atoms with Crippen LogP contribution in [0.3, 0.4) is 0 Å². The molecule has 0 radical (unpaired) electrons. The SMILES string of the molecule is O=C(O)C(F)c1cccs1. The van der Waals surface area contributed by atoms with Crippen molar-refractivity contribution < 1.29 is 14.3 Å². The summed E-state index contributed by atoms with van der Waals surface area (Å²) in [5.74, 6) is -1.43. The summed E-state index contributed by atoms with van der Waals surface area (Å²) in [6.07, 6.45) is -1.86. The van der Waals surface area contributed by atoms with Gasteiger partial charge in [-0.2, -0.15) is 0 Å². The van der Waals surface area contributed by atoms with Crippen molar-refractivity contribution in [2.75, 3.05) is 0 Å². The number of carboxylic acid groups (broad SMARTS) is 1. The molecule has 0 aliphatic rings. The van der Waals surface area contributed by atoms with Gasteiger partial charge in [0.2, 0.25) is 6.17 Å². The molecule has 0 saturated heterocycles. The monoisotopic (exact) mass is 160 g/mol. The van der Waals surface area contributed by atoms with Crippen LogP contribution < -0.4 is 0 Å². The third kappa shape index (κ3) is 1.33. The summed E-state index contributed by atoms with van der Waals surface area (Å²) in [4.78, 5) is 10.3. The molecule has 1 rings (SSSR count). The number of halogens is 1. The average molecular weight is 160 g/mol. The third-order valence-electron chi connectivity index (χ3n) is 1.01. The van der Waals surface area contributed by atoms with E-state index in [1.165, 1.54) is 6.07 Å². The maximum Gasteiger partial charge on any atom is 0.343 e. The van der Waals surface area contributed by atoms with Gasteiger partial charge in [-0.3, -0.25) is 0 Å². The maximum absolute atomic E-state index is 12.5. The van der Waals surface area contributed by atoms with E-state index < -0.39 is 12.1 Å². The Labute approximate surface area is 60.9 Å². The highest BCUT2D eigenvalue weighted by Crippen LogP contribution is 2.21. The van der Waals surface area contributed by atoms with Crippen LogP contribution in [0.1, 0.15) is 11.0 Å². The molecule has 1 aromatic rings. The Hall–Kier alpha value is -0.900. The Morgan fingerprint density at radius 3 is 2.90 bits per heavy atom. The zero-order chi connectivity index (χ0) is 7.56. The molecule has 1 atom stereocenters. The molecular weight excluding hydrogens is 155 g/mol. The number of hydrogen-bond acceptors (Lipinski definition) is 2. The number of thiophene rings is 1. The highest BCUT2D eigenvalue weighted by Gasteiger charge is 2.18. The van der Waals surface area contributed by atoms with Gasteiger partial charge in [-0.25, -0.2) is 9.18 Å². The lowest BCUT2D eigenvalue weighted by Crippen LogP contribution is -2.03. The Balaban J connectivity index is 2.77. The zero-order valence-electron chi connectivity index (χ0n) is 4.95. The van der Waals surface area contributed by atoms with Gasteiger partial charge >= 0.3 is 5.97 Å². The van der Waals surface area contributed by atoms with E-state index >= 15 is 0 Å². The molecule has 0 spiro atoms. The lowest BCUT2D eigenvalue weighted by molar-refractivity contribution is -0.142. The number of aliphatic carboxylic acids is 1. The first-order valence-corrected chi connectivity index (χ1v) is 3.50. The van der Waals surface area contributed by atoms with Crippen molar-refractivity contribution in [2.45, 2.75) is 6.17 Å². The van der Waals surface area contributed by atoms with Crippen molar-refractivity contribution in [3.63, 3.8) is 0 Å². The van der Waals surface area contributed by atoms with E-state index in [-0.39, 0.29) is 4.88 Å². The predicted octanol–water partition coefficient (Wildman–Crippen LogP) is 1.84. The second-order valence-corrected chi connectivity index (χ2v) is 2.70. The van der Waals surface area contributed by atoms with Crippen molar-refractivity contribution in [1.82, 2.24) is 0 Å². The summed E-state index contributed by atoms with van der Waals surface area (Å²) < 4.78 is 12.5. The van der Waals surface area contributed by atoms with Gasteiger partial charge in [-0.05, 0) is 11.4 Å². The first kappa shape index (κ1) is 7.21. The molecule has 10 heavy (non-hydrogen) atoms. The summed E-state index contributed by atoms with van der Waals surface area (Å²) in [6.45, 7) is 0. The zero-order valence-corrected chi connectivity index (χ0v) is 5.77. The summed E-state index contributed by atoms with van der Waals surface area (Å²) in [5.41, 5.74) is 0. The number of carboxylic acids is 1. The highest BCUT2D eigenvalue weighted by atomic mass is 32.1. The summed E-state index contributed by atoms with van der Waals surface area (Å²) in [6, 6.07) is 3.08. The van der Waals surface area contributed by atoms with E-state index in [0.717, 1.165) is 11.3 Å². The summed E-state index contributed by atoms with van der Waals surface area (Å²) in [7, 11) is 0. The Bertz CT molecular complexity index is 220. The Kier molecular flexibility index (Phi) is 2.01. The second kappa shape index (κ2) is 2.79. The summed E-state index contributed by atoms with van der Waals surface area (Å²) >= 11 is 1.10. The minimum atomic E-state index is -1.86. The molecule has 1 unspecified atom stereocenters. The van der Waals surface area contributed by atoms with Gasteiger partial charge in [-0.1, -0.05) is 6.07 Å². The molecule has 54 valence electrons. The highest BCUT2D eigenvalue weighted by molar-refractivity contribution is 7.10. The van der Waals surface area contributed by atoms with E-state index in [9.17, 15) is 9.18 Å². The topological polar surface area (TPSA) is 37.3 Å². The maximum atomic E-state index is 12.5. The van der Waals surface area contributed by atoms with Crippen LogP contribution in [0.4, 0.5) is 4.39 Å². The number of hydrogen-bond donors (Lipinski definition) is 1. The van der Waals surface area contributed by atoms with Crippen LogP contribution in [0.5, 0.6) is 0 Å². The number of rotatable bonds is 2. The third-order valence-corrected chi connectivity index (χ3v) is 1.92. The molecule has 0 fully saturated rings. The largest absolute Gasteiger partial charge is 0.479 e. The first-order valence-electron chi connectivity index (χ1n) is 2.62. The molecule has 0 bridgehead atoms. The van der Waals surface area contributed by atoms with Gasteiger partial charge in [0.05, 0.1) is 0 Å². The van der Waals surface area contributed by atoms with Crippen LogP contribution in [0, 0.1) is 0 Å². The van der Waals surface area contributed by atoms with Crippen LogP contribution >= 0.6 is 11.3 Å². The molecule has 0 aliphatic carbocycles. The molecule has 1 N–H and O–H groups in total. The summed E-state index contributed by atoms with van der Waals surface area (Å²) in [5, 5.41) is 9.83. The van der Waals surface area contributed by atoms with Crippen molar-refractivity contribution in [2.24, 2.45) is 0 Å². The molecular formula is C6H5FO2S. The molecule has 0 aromatic carbocycles. The molecule has 1 aromatic heterocycles. The minimum absolute atomic E-state index is 0.243. The van der Waals surface area contributed by atoms with Crippen LogP contribution in [0.25, 0.3) is 0 Å². The van der Waals surface area contributed by atoms with Crippen molar-refractivity contribution in [3.8, 4) is 0 Å². The van der Waals surface area contributed by atoms with E-state index in [1.807, 2.05) is 0 Å². The molecule has 2 nitrogen and oxygen atoms in total. The van der Waals surface area contributed by atoms with Crippen LogP contribution in [0.15, 0.2) is 17.5 Å². The van der Waals surface area contributed by atoms with Gasteiger partial charge < -0.3 is 5.11 Å². The molecule has 0 saturated carbocycles. The number of carbonyl (C=O) groups is 1. The average Bonchev–Trinajstić information content (AvgIpc) is 2.36. The van der Waals surface area contributed by atoms with Crippen molar-refractivity contribution in [3.05, 3.63) is 22.4 Å². The van der Waals surface area contributed by atoms with E-state index in [4.69, 9.17) is 5.11 Å². The molecule has 0 aliphatic heterocycles. The number of alkyl halides is 1. The van der Waals surface area contributed by atoms with E-state index in [1.54, 1.807) is 11.4 Å². The van der Waals surface area contributed by atoms with Gasteiger partial charge in [0.15, 0.2) is 0 Å². The van der Waals surface area contributed by atoms with Crippen LogP contribution in [0.2, 0.25) is 0 Å². The van der Waals surface area contributed by atoms with Gasteiger partial charge in [-0.15, -0.1) is 11.3 Å².